The van der Waals surface area contributed by atoms with Gasteiger partial charge in [0, 0.05) is 12.3 Å². The van der Waals surface area contributed by atoms with Crippen LogP contribution in [0.15, 0.2) is 59.5 Å². The van der Waals surface area contributed by atoms with Gasteiger partial charge in [0.25, 0.3) is 11.8 Å². The molecule has 2 aromatic carbocycles. The maximum Gasteiger partial charge on any atom is 0.267 e. The van der Waals surface area contributed by atoms with Crippen molar-refractivity contribution in [3.63, 3.8) is 0 Å². The summed E-state index contributed by atoms with van der Waals surface area (Å²) < 4.78 is 5.63. The lowest BCUT2D eigenvalue weighted by Gasteiger charge is -2.13. The van der Waals surface area contributed by atoms with Gasteiger partial charge in [0.1, 0.15) is 5.75 Å². The van der Waals surface area contributed by atoms with Gasteiger partial charge in [0.05, 0.1) is 17.1 Å². The van der Waals surface area contributed by atoms with Crippen molar-refractivity contribution in [1.29, 1.82) is 0 Å². The predicted molar refractivity (Wildman–Crippen MR) is 114 cm³/mol. The molecule has 0 atom stereocenters. The zero-order valence-electron chi connectivity index (χ0n) is 16.3. The van der Waals surface area contributed by atoms with Crippen molar-refractivity contribution in [2.75, 3.05) is 13.2 Å². The lowest BCUT2D eigenvalue weighted by Crippen LogP contribution is -2.32. The van der Waals surface area contributed by atoms with Crippen molar-refractivity contribution in [2.45, 2.75) is 32.4 Å². The number of carbonyl (C=O) groups is 2. The van der Waals surface area contributed by atoms with Crippen LogP contribution in [-0.2, 0) is 15.3 Å². The minimum absolute atomic E-state index is 0.186. The van der Waals surface area contributed by atoms with Crippen LogP contribution in [0.3, 0.4) is 0 Å². The molecule has 0 saturated heterocycles. The summed E-state index contributed by atoms with van der Waals surface area (Å²) in [7, 11) is 0. The summed E-state index contributed by atoms with van der Waals surface area (Å²) >= 11 is 1.44. The monoisotopic (exact) mass is 395 g/mol. The van der Waals surface area contributed by atoms with Gasteiger partial charge in [-0.25, -0.2) is 0 Å². The first-order valence-electron chi connectivity index (χ1n) is 9.66. The Balaban J connectivity index is 1.89. The summed E-state index contributed by atoms with van der Waals surface area (Å²) in [6, 6.07) is 17.4. The molecular weight excluding hydrogens is 370 g/mol. The van der Waals surface area contributed by atoms with Crippen molar-refractivity contribution >= 4 is 29.1 Å². The van der Waals surface area contributed by atoms with Gasteiger partial charge in [0.15, 0.2) is 0 Å². The molecule has 1 aliphatic heterocycles. The summed E-state index contributed by atoms with van der Waals surface area (Å²) in [5.41, 5.74) is 2.38. The fraction of sp³-hybridized carbons (Fsp3) is 0.304. The fourth-order valence-corrected chi connectivity index (χ4v) is 4.12. The van der Waals surface area contributed by atoms with E-state index in [0.29, 0.717) is 29.4 Å². The third-order valence-corrected chi connectivity index (χ3v) is 5.56. The second kappa shape index (κ2) is 9.60. The van der Waals surface area contributed by atoms with Crippen molar-refractivity contribution in [3.8, 4) is 5.75 Å². The van der Waals surface area contributed by atoms with E-state index in [9.17, 15) is 9.59 Å². The van der Waals surface area contributed by atoms with Gasteiger partial charge < -0.3 is 4.74 Å². The molecule has 1 aliphatic rings. The first-order chi connectivity index (χ1) is 13.7. The largest absolute Gasteiger partial charge is 0.494 e. The Bertz CT molecular complexity index is 859. The predicted octanol–water partition coefficient (Wildman–Crippen LogP) is 4.90. The minimum Gasteiger partial charge on any atom is -0.494 e. The molecule has 28 heavy (non-hydrogen) atoms. The first kappa shape index (κ1) is 20.2. The summed E-state index contributed by atoms with van der Waals surface area (Å²) in [5, 5.41) is 0. The molecule has 0 spiro atoms. The quantitative estimate of drug-likeness (QED) is 0.567. The Morgan fingerprint density at radius 3 is 2.25 bits per heavy atom. The Kier molecular flexibility index (Phi) is 6.93. The fourth-order valence-electron chi connectivity index (χ4n) is 3.04. The second-order valence-electron chi connectivity index (χ2n) is 6.61. The summed E-state index contributed by atoms with van der Waals surface area (Å²) in [5.74, 6) is 1.03. The van der Waals surface area contributed by atoms with Gasteiger partial charge in [-0.05, 0) is 36.1 Å². The van der Waals surface area contributed by atoms with Crippen LogP contribution in [0.25, 0.3) is 5.57 Å². The number of rotatable bonds is 9. The van der Waals surface area contributed by atoms with Crippen LogP contribution in [0.1, 0.15) is 37.8 Å². The van der Waals surface area contributed by atoms with Gasteiger partial charge in [-0.2, -0.15) is 0 Å². The van der Waals surface area contributed by atoms with E-state index < -0.39 is 0 Å². The van der Waals surface area contributed by atoms with E-state index in [2.05, 4.69) is 6.92 Å². The lowest BCUT2D eigenvalue weighted by atomic mass is 10.1. The number of nitrogens with zero attached hydrogens (tertiary/aromatic N) is 1. The van der Waals surface area contributed by atoms with Crippen molar-refractivity contribution in [2.24, 2.45) is 0 Å². The highest BCUT2D eigenvalue weighted by atomic mass is 32.2. The number of benzene rings is 2. The van der Waals surface area contributed by atoms with Crippen LogP contribution < -0.4 is 4.74 Å². The molecule has 3 rings (SSSR count). The zero-order valence-corrected chi connectivity index (χ0v) is 17.1. The van der Waals surface area contributed by atoms with Gasteiger partial charge in [-0.15, -0.1) is 11.8 Å². The van der Waals surface area contributed by atoms with Crippen LogP contribution in [0.4, 0.5) is 0 Å². The molecule has 146 valence electrons. The van der Waals surface area contributed by atoms with Gasteiger partial charge in [0.2, 0.25) is 0 Å². The van der Waals surface area contributed by atoms with E-state index in [1.807, 2.05) is 61.5 Å². The molecule has 0 N–H and O–H groups in total. The average molecular weight is 396 g/mol. The van der Waals surface area contributed by atoms with E-state index in [1.165, 1.54) is 16.7 Å². The van der Waals surface area contributed by atoms with Crippen molar-refractivity contribution in [3.05, 3.63) is 70.6 Å². The molecule has 4 nitrogen and oxygen atoms in total. The maximum atomic E-state index is 13.0. The van der Waals surface area contributed by atoms with Gasteiger partial charge in [-0.1, -0.05) is 56.3 Å². The SMILES string of the molecule is CCCOc1ccc(C2=C(SCc3ccccc3)C(=O)N(CCC)C2=O)cc1. The normalized spacial score (nSPS) is 14.1. The smallest absolute Gasteiger partial charge is 0.267 e. The molecule has 1 heterocycles. The standard InChI is InChI=1S/C23H25NO3S/c1-3-14-24-22(25)20(18-10-12-19(13-11-18)27-15-4-2)21(23(24)26)28-16-17-8-6-5-7-9-17/h5-13H,3-4,14-16H2,1-2H3. The van der Waals surface area contributed by atoms with Crippen LogP contribution in [0, 0.1) is 0 Å². The second-order valence-corrected chi connectivity index (χ2v) is 7.60. The molecule has 5 heteroatoms. The average Bonchev–Trinajstić information content (AvgIpc) is 2.96. The molecule has 0 aromatic heterocycles. The van der Waals surface area contributed by atoms with Crippen molar-refractivity contribution < 1.29 is 14.3 Å². The van der Waals surface area contributed by atoms with Crippen LogP contribution in [-0.4, -0.2) is 29.9 Å². The summed E-state index contributed by atoms with van der Waals surface area (Å²) in [6.45, 7) is 5.12. The molecule has 0 radical (unpaired) electrons. The van der Waals surface area contributed by atoms with E-state index in [-0.39, 0.29) is 11.8 Å². The van der Waals surface area contributed by atoms with Crippen LogP contribution >= 0.6 is 11.8 Å². The summed E-state index contributed by atoms with van der Waals surface area (Å²) in [6.07, 6.45) is 1.68. The third kappa shape index (κ3) is 4.47. The molecule has 2 aromatic rings. The maximum absolute atomic E-state index is 13.0. The number of thioether (sulfide) groups is 1. The highest BCUT2D eigenvalue weighted by Gasteiger charge is 2.38. The lowest BCUT2D eigenvalue weighted by molar-refractivity contribution is -0.136. The Hall–Kier alpha value is -2.53. The number of imide groups is 1. The number of hydrogen-bond donors (Lipinski definition) is 0. The van der Waals surface area contributed by atoms with E-state index >= 15 is 0 Å². The van der Waals surface area contributed by atoms with E-state index in [0.717, 1.165) is 29.7 Å². The topological polar surface area (TPSA) is 46.6 Å². The number of hydrogen-bond acceptors (Lipinski definition) is 4. The Morgan fingerprint density at radius 1 is 0.893 bits per heavy atom. The molecule has 0 saturated carbocycles. The van der Waals surface area contributed by atoms with Crippen LogP contribution in [0.5, 0.6) is 5.75 Å². The Labute approximate surface area is 170 Å². The Morgan fingerprint density at radius 2 is 1.61 bits per heavy atom. The van der Waals surface area contributed by atoms with Gasteiger partial charge >= 0.3 is 0 Å². The zero-order chi connectivity index (χ0) is 19.9. The highest BCUT2D eigenvalue weighted by Crippen LogP contribution is 2.38. The molecular formula is C23H25NO3S. The van der Waals surface area contributed by atoms with E-state index in [1.54, 1.807) is 0 Å². The minimum atomic E-state index is -0.204. The highest BCUT2D eigenvalue weighted by molar-refractivity contribution is 8.03. The number of amides is 2. The first-order valence-corrected chi connectivity index (χ1v) is 10.6. The molecule has 0 fully saturated rings. The van der Waals surface area contributed by atoms with Crippen molar-refractivity contribution in [1.82, 2.24) is 4.90 Å². The molecule has 0 unspecified atom stereocenters. The molecule has 2 amide bonds. The molecule has 0 bridgehead atoms. The van der Waals surface area contributed by atoms with E-state index in [4.69, 9.17) is 4.74 Å². The number of carbonyl (C=O) groups excluding carboxylic acids is 2. The third-order valence-electron chi connectivity index (χ3n) is 4.41. The summed E-state index contributed by atoms with van der Waals surface area (Å²) in [4.78, 5) is 27.8. The molecule has 0 aliphatic carbocycles. The van der Waals surface area contributed by atoms with Crippen LogP contribution in [0.2, 0.25) is 0 Å². The number of ether oxygens (including phenoxy) is 1. The van der Waals surface area contributed by atoms with Gasteiger partial charge in [-0.3, -0.25) is 14.5 Å².